The maximum Gasteiger partial charge on any atom is 0.226 e. The number of hydrogen-bond acceptors (Lipinski definition) is 6. The number of hydrogen-bond donors (Lipinski definition) is 1. The molecule has 2 aliphatic heterocycles. The van der Waals surface area contributed by atoms with E-state index in [0.29, 0.717) is 19.0 Å². The first-order valence-electron chi connectivity index (χ1n) is 10.0. The van der Waals surface area contributed by atoms with E-state index in [0.717, 1.165) is 55.1 Å². The molecule has 2 saturated heterocycles. The van der Waals surface area contributed by atoms with Crippen molar-refractivity contribution in [1.82, 2.24) is 19.9 Å². The van der Waals surface area contributed by atoms with Gasteiger partial charge in [0.2, 0.25) is 5.91 Å². The predicted molar refractivity (Wildman–Crippen MR) is 106 cm³/mol. The molecule has 2 fully saturated rings. The Kier molecular flexibility index (Phi) is 5.52. The molecule has 0 aliphatic carbocycles. The second-order valence-electron chi connectivity index (χ2n) is 7.60. The summed E-state index contributed by atoms with van der Waals surface area (Å²) < 4.78 is 5.42. The van der Waals surface area contributed by atoms with Crippen molar-refractivity contribution in [3.63, 3.8) is 0 Å². The van der Waals surface area contributed by atoms with Crippen molar-refractivity contribution < 1.29 is 9.53 Å². The van der Waals surface area contributed by atoms with Gasteiger partial charge in [0.05, 0.1) is 11.7 Å². The minimum atomic E-state index is 0.0161. The van der Waals surface area contributed by atoms with Gasteiger partial charge in [0.15, 0.2) is 0 Å². The third kappa shape index (κ3) is 3.99. The molecule has 0 saturated carbocycles. The highest BCUT2D eigenvalue weighted by atomic mass is 16.5. The summed E-state index contributed by atoms with van der Waals surface area (Å²) in [6.07, 6.45) is 5.33. The van der Waals surface area contributed by atoms with Gasteiger partial charge in [0, 0.05) is 37.9 Å². The summed E-state index contributed by atoms with van der Waals surface area (Å²) in [4.78, 5) is 28.7. The zero-order chi connectivity index (χ0) is 19.5. The van der Waals surface area contributed by atoms with Crippen LogP contribution in [0.2, 0.25) is 0 Å². The van der Waals surface area contributed by atoms with E-state index in [1.54, 1.807) is 6.20 Å². The van der Waals surface area contributed by atoms with E-state index >= 15 is 0 Å². The van der Waals surface area contributed by atoms with Gasteiger partial charge in [-0.3, -0.25) is 4.79 Å². The number of aromatic nitrogens is 3. The number of aryl methyl sites for hydroxylation is 2. The molecule has 0 aromatic carbocycles. The van der Waals surface area contributed by atoms with E-state index in [1.807, 2.05) is 36.9 Å². The van der Waals surface area contributed by atoms with Crippen molar-refractivity contribution in [2.24, 2.45) is 5.92 Å². The average Bonchev–Trinajstić information content (AvgIpc) is 3.19. The molecule has 28 heavy (non-hydrogen) atoms. The SMILES string of the molecule is Cc1nc(Nc2ncccc2C)cc([C@@H]2CCCN2C(=O)C2CCOCC2)n1. The normalized spacial score (nSPS) is 20.4. The lowest BCUT2D eigenvalue weighted by molar-refractivity contribution is -0.139. The highest BCUT2D eigenvalue weighted by Crippen LogP contribution is 2.34. The molecule has 2 aromatic rings. The third-order valence-electron chi connectivity index (χ3n) is 5.56. The molecule has 1 N–H and O–H groups in total. The van der Waals surface area contributed by atoms with Crippen LogP contribution in [0, 0.1) is 19.8 Å². The topological polar surface area (TPSA) is 80.2 Å². The van der Waals surface area contributed by atoms with E-state index in [2.05, 4.69) is 20.3 Å². The number of ether oxygens (including phenoxy) is 1. The summed E-state index contributed by atoms with van der Waals surface area (Å²) in [6, 6.07) is 5.90. The number of rotatable bonds is 4. The van der Waals surface area contributed by atoms with Gasteiger partial charge in [-0.1, -0.05) is 6.07 Å². The van der Waals surface area contributed by atoms with Gasteiger partial charge in [0.25, 0.3) is 0 Å². The van der Waals surface area contributed by atoms with E-state index < -0.39 is 0 Å². The summed E-state index contributed by atoms with van der Waals surface area (Å²) >= 11 is 0. The van der Waals surface area contributed by atoms with Crippen molar-refractivity contribution >= 4 is 17.5 Å². The largest absolute Gasteiger partial charge is 0.381 e. The number of nitrogens with zero attached hydrogens (tertiary/aromatic N) is 4. The fourth-order valence-electron chi connectivity index (χ4n) is 4.08. The molecule has 0 bridgehead atoms. The van der Waals surface area contributed by atoms with Crippen LogP contribution in [-0.4, -0.2) is 45.5 Å². The van der Waals surface area contributed by atoms with Crippen LogP contribution in [0.15, 0.2) is 24.4 Å². The maximum atomic E-state index is 13.1. The third-order valence-corrected chi connectivity index (χ3v) is 5.56. The van der Waals surface area contributed by atoms with Gasteiger partial charge in [-0.05, 0) is 51.2 Å². The van der Waals surface area contributed by atoms with Crippen LogP contribution in [0.3, 0.4) is 0 Å². The number of carbonyl (C=O) groups excluding carboxylic acids is 1. The lowest BCUT2D eigenvalue weighted by atomic mass is 9.98. The van der Waals surface area contributed by atoms with Crippen LogP contribution in [-0.2, 0) is 9.53 Å². The molecule has 2 aliphatic rings. The van der Waals surface area contributed by atoms with Crippen LogP contribution in [0.5, 0.6) is 0 Å². The molecule has 2 aromatic heterocycles. The molecule has 0 spiro atoms. The van der Waals surface area contributed by atoms with Crippen LogP contribution in [0.1, 0.15) is 48.8 Å². The Morgan fingerprint density at radius 2 is 2.04 bits per heavy atom. The van der Waals surface area contributed by atoms with Crippen molar-refractivity contribution in [2.75, 3.05) is 25.1 Å². The monoisotopic (exact) mass is 381 g/mol. The van der Waals surface area contributed by atoms with Gasteiger partial charge in [-0.15, -0.1) is 0 Å². The van der Waals surface area contributed by atoms with Gasteiger partial charge in [-0.25, -0.2) is 15.0 Å². The quantitative estimate of drug-likeness (QED) is 0.875. The second-order valence-corrected chi connectivity index (χ2v) is 7.60. The number of amides is 1. The standard InChI is InChI=1S/C21H27N5O2/c1-14-5-3-9-22-20(14)25-19-13-17(23-15(2)24-19)18-6-4-10-26(18)21(27)16-7-11-28-12-8-16/h3,5,9,13,16,18H,4,6-8,10-12H2,1-2H3,(H,22,23,24,25)/t18-/m0/s1. The molecule has 1 atom stereocenters. The Hall–Kier alpha value is -2.54. The van der Waals surface area contributed by atoms with Crippen LogP contribution in [0.25, 0.3) is 0 Å². The van der Waals surface area contributed by atoms with Gasteiger partial charge < -0.3 is 15.0 Å². The van der Waals surface area contributed by atoms with Gasteiger partial charge in [0.1, 0.15) is 17.5 Å². The van der Waals surface area contributed by atoms with Crippen LogP contribution < -0.4 is 5.32 Å². The van der Waals surface area contributed by atoms with Crippen molar-refractivity contribution in [3.05, 3.63) is 41.5 Å². The molecular weight excluding hydrogens is 354 g/mol. The molecule has 0 unspecified atom stereocenters. The molecule has 7 nitrogen and oxygen atoms in total. The van der Waals surface area contributed by atoms with Gasteiger partial charge >= 0.3 is 0 Å². The number of nitrogens with one attached hydrogen (secondary N) is 1. The number of anilines is 2. The maximum absolute atomic E-state index is 13.1. The number of likely N-dealkylation sites (tertiary alicyclic amines) is 1. The summed E-state index contributed by atoms with van der Waals surface area (Å²) in [5.74, 6) is 2.52. The van der Waals surface area contributed by atoms with Crippen molar-refractivity contribution in [1.29, 1.82) is 0 Å². The molecule has 1 amide bonds. The van der Waals surface area contributed by atoms with E-state index in [1.165, 1.54) is 0 Å². The molecule has 0 radical (unpaired) electrons. The van der Waals surface area contributed by atoms with E-state index in [9.17, 15) is 4.79 Å². The summed E-state index contributed by atoms with van der Waals surface area (Å²) in [5.41, 5.74) is 1.96. The lowest BCUT2D eigenvalue weighted by Gasteiger charge is -2.30. The average molecular weight is 381 g/mol. The molecule has 4 heterocycles. The minimum absolute atomic E-state index is 0.0161. The first-order chi connectivity index (χ1) is 13.6. The Bertz CT molecular complexity index is 850. The zero-order valence-electron chi connectivity index (χ0n) is 16.5. The number of pyridine rings is 1. The zero-order valence-corrected chi connectivity index (χ0v) is 16.5. The highest BCUT2D eigenvalue weighted by molar-refractivity contribution is 5.79. The Morgan fingerprint density at radius 3 is 2.82 bits per heavy atom. The molecular formula is C21H27N5O2. The van der Waals surface area contributed by atoms with Crippen LogP contribution >= 0.6 is 0 Å². The smallest absolute Gasteiger partial charge is 0.226 e. The van der Waals surface area contributed by atoms with E-state index in [4.69, 9.17) is 4.74 Å². The Balaban J connectivity index is 1.56. The summed E-state index contributed by atoms with van der Waals surface area (Å²) in [7, 11) is 0. The first kappa shape index (κ1) is 18.8. The predicted octanol–water partition coefficient (Wildman–Crippen LogP) is 3.32. The lowest BCUT2D eigenvalue weighted by Crippen LogP contribution is -2.38. The van der Waals surface area contributed by atoms with Crippen molar-refractivity contribution in [3.8, 4) is 0 Å². The summed E-state index contributed by atoms with van der Waals surface area (Å²) in [5, 5.41) is 3.30. The molecule has 7 heteroatoms. The minimum Gasteiger partial charge on any atom is -0.381 e. The number of carbonyl (C=O) groups is 1. The highest BCUT2D eigenvalue weighted by Gasteiger charge is 2.35. The molecule has 148 valence electrons. The second kappa shape index (κ2) is 8.22. The fourth-order valence-corrected chi connectivity index (χ4v) is 4.08. The van der Waals surface area contributed by atoms with Gasteiger partial charge in [-0.2, -0.15) is 0 Å². The van der Waals surface area contributed by atoms with Crippen molar-refractivity contribution in [2.45, 2.75) is 45.6 Å². The Labute approximate surface area is 165 Å². The fraction of sp³-hybridized carbons (Fsp3) is 0.524. The van der Waals surface area contributed by atoms with E-state index in [-0.39, 0.29) is 17.9 Å². The summed E-state index contributed by atoms with van der Waals surface area (Å²) in [6.45, 7) is 6.05. The molecule has 4 rings (SSSR count). The van der Waals surface area contributed by atoms with Crippen LogP contribution in [0.4, 0.5) is 11.6 Å². The first-order valence-corrected chi connectivity index (χ1v) is 10.0. The Morgan fingerprint density at radius 1 is 1.21 bits per heavy atom.